The maximum absolute atomic E-state index is 12.3. The van der Waals surface area contributed by atoms with Crippen LogP contribution in [0.25, 0.3) is 44.7 Å². The van der Waals surface area contributed by atoms with E-state index in [0.29, 0.717) is 17.2 Å². The molecule has 1 saturated carbocycles. The highest BCUT2D eigenvalue weighted by atomic mass is 16.1. The van der Waals surface area contributed by atoms with E-state index in [9.17, 15) is 4.79 Å². The normalized spacial score (nSPS) is 14.1. The van der Waals surface area contributed by atoms with Gasteiger partial charge in [0.05, 0.1) is 28.3 Å². The molecule has 0 aliphatic heterocycles. The summed E-state index contributed by atoms with van der Waals surface area (Å²) in [6.07, 6.45) is 8.25. The molecule has 1 fully saturated rings. The Kier molecular flexibility index (Phi) is 4.02. The maximum Gasteiger partial charge on any atom is 0.227 e. The van der Waals surface area contributed by atoms with E-state index in [1.165, 1.54) is 0 Å². The smallest absolute Gasteiger partial charge is 0.227 e. The average Bonchev–Trinajstić information content (AvgIpc) is 3.36. The van der Waals surface area contributed by atoms with Crippen molar-refractivity contribution in [3.05, 3.63) is 55.0 Å². The third-order valence-electron chi connectivity index (χ3n) is 5.85. The second-order valence-corrected chi connectivity index (χ2v) is 7.88. The number of aromatic nitrogens is 6. The Labute approximate surface area is 177 Å². The summed E-state index contributed by atoms with van der Waals surface area (Å²) in [4.78, 5) is 29.1. The zero-order valence-electron chi connectivity index (χ0n) is 16.6. The lowest BCUT2D eigenvalue weighted by Crippen LogP contribution is -2.28. The van der Waals surface area contributed by atoms with Gasteiger partial charge < -0.3 is 10.3 Å². The first-order valence-corrected chi connectivity index (χ1v) is 10.3. The first-order chi connectivity index (χ1) is 15.2. The summed E-state index contributed by atoms with van der Waals surface area (Å²) in [5.74, 6) is 0.905. The number of nitrogens with one attached hydrogen (secondary N) is 3. The molecular weight excluding hydrogens is 390 g/mol. The van der Waals surface area contributed by atoms with Crippen molar-refractivity contribution in [2.45, 2.75) is 19.3 Å². The number of nitrogens with zero attached hydrogens (tertiary/aromatic N) is 4. The zero-order valence-corrected chi connectivity index (χ0v) is 16.6. The van der Waals surface area contributed by atoms with Gasteiger partial charge in [0.2, 0.25) is 5.91 Å². The van der Waals surface area contributed by atoms with Gasteiger partial charge in [0.15, 0.2) is 11.5 Å². The highest BCUT2D eigenvalue weighted by molar-refractivity contribution is 5.95. The number of hydrogen-bond acceptors (Lipinski definition) is 5. The third-order valence-corrected chi connectivity index (χ3v) is 5.85. The summed E-state index contributed by atoms with van der Waals surface area (Å²) in [6.45, 7) is 0. The molecule has 1 aliphatic rings. The van der Waals surface area contributed by atoms with Crippen LogP contribution in [0.2, 0.25) is 0 Å². The second kappa shape index (κ2) is 7.02. The number of H-pyrrole nitrogens is 2. The molecule has 1 amide bonds. The highest BCUT2D eigenvalue weighted by Crippen LogP contribution is 2.31. The molecule has 3 N–H and O–H groups in total. The Balaban J connectivity index is 1.37. The van der Waals surface area contributed by atoms with Gasteiger partial charge in [-0.1, -0.05) is 18.6 Å². The fourth-order valence-corrected chi connectivity index (χ4v) is 3.89. The molecule has 1 aromatic carbocycles. The SMILES string of the molecule is O=C(Nc1cncc(-c2cnc3n[nH]c(-c4nc5ccccc5[nH]4)c3c2)c1)C1CCC1. The summed E-state index contributed by atoms with van der Waals surface area (Å²) < 4.78 is 0. The van der Waals surface area contributed by atoms with Gasteiger partial charge in [-0.2, -0.15) is 5.10 Å². The average molecular weight is 409 g/mol. The predicted octanol–water partition coefficient (Wildman–Crippen LogP) is 4.30. The van der Waals surface area contributed by atoms with Crippen LogP contribution in [0, 0.1) is 5.92 Å². The van der Waals surface area contributed by atoms with Gasteiger partial charge >= 0.3 is 0 Å². The number of aromatic amines is 2. The summed E-state index contributed by atoms with van der Waals surface area (Å²) in [7, 11) is 0. The molecule has 0 bridgehead atoms. The van der Waals surface area contributed by atoms with Gasteiger partial charge in [-0.25, -0.2) is 9.97 Å². The van der Waals surface area contributed by atoms with E-state index in [-0.39, 0.29) is 11.8 Å². The molecule has 0 spiro atoms. The van der Waals surface area contributed by atoms with Gasteiger partial charge in [0, 0.05) is 29.4 Å². The van der Waals surface area contributed by atoms with Crippen molar-refractivity contribution in [3.63, 3.8) is 0 Å². The molecule has 5 aromatic rings. The van der Waals surface area contributed by atoms with Crippen molar-refractivity contribution >= 4 is 33.7 Å². The monoisotopic (exact) mass is 409 g/mol. The van der Waals surface area contributed by atoms with Gasteiger partial charge in [0.1, 0.15) is 5.69 Å². The minimum atomic E-state index is 0.0702. The fraction of sp³-hybridized carbons (Fsp3) is 0.174. The number of para-hydroxylation sites is 2. The van der Waals surface area contributed by atoms with Crippen molar-refractivity contribution in [2.75, 3.05) is 5.32 Å². The predicted molar refractivity (Wildman–Crippen MR) is 118 cm³/mol. The van der Waals surface area contributed by atoms with E-state index in [0.717, 1.165) is 52.5 Å². The third kappa shape index (κ3) is 3.13. The summed E-state index contributed by atoms with van der Waals surface area (Å²) in [5, 5.41) is 11.2. The van der Waals surface area contributed by atoms with Gasteiger partial charge in [0.25, 0.3) is 0 Å². The lowest BCUT2D eigenvalue weighted by atomic mass is 9.85. The minimum Gasteiger partial charge on any atom is -0.337 e. The van der Waals surface area contributed by atoms with Crippen molar-refractivity contribution in [1.29, 1.82) is 0 Å². The molecule has 1 aliphatic carbocycles. The number of carbonyl (C=O) groups excluding carboxylic acids is 1. The number of hydrogen-bond donors (Lipinski definition) is 3. The summed E-state index contributed by atoms with van der Waals surface area (Å²) in [5.41, 5.74) is 5.70. The van der Waals surface area contributed by atoms with Gasteiger partial charge in [-0.15, -0.1) is 0 Å². The molecule has 31 heavy (non-hydrogen) atoms. The van der Waals surface area contributed by atoms with E-state index < -0.39 is 0 Å². The zero-order chi connectivity index (χ0) is 20.8. The molecule has 6 rings (SSSR count). The van der Waals surface area contributed by atoms with E-state index in [2.05, 4.69) is 35.5 Å². The largest absolute Gasteiger partial charge is 0.337 e. The van der Waals surface area contributed by atoms with Crippen molar-refractivity contribution in [1.82, 2.24) is 30.1 Å². The number of pyridine rings is 2. The second-order valence-electron chi connectivity index (χ2n) is 7.88. The Morgan fingerprint density at radius 3 is 2.77 bits per heavy atom. The number of benzene rings is 1. The van der Waals surface area contributed by atoms with Crippen LogP contribution in [-0.2, 0) is 4.79 Å². The Morgan fingerprint density at radius 1 is 1.06 bits per heavy atom. The molecule has 0 atom stereocenters. The number of imidazole rings is 1. The number of amides is 1. The van der Waals surface area contributed by atoms with Crippen molar-refractivity contribution < 1.29 is 4.79 Å². The van der Waals surface area contributed by atoms with Crippen LogP contribution in [-0.4, -0.2) is 36.0 Å². The molecule has 8 heteroatoms. The lowest BCUT2D eigenvalue weighted by molar-refractivity contribution is -0.122. The van der Waals surface area contributed by atoms with E-state index in [4.69, 9.17) is 0 Å². The van der Waals surface area contributed by atoms with Crippen LogP contribution < -0.4 is 5.32 Å². The number of fused-ring (bicyclic) bond motifs is 2. The molecule has 4 heterocycles. The first-order valence-electron chi connectivity index (χ1n) is 10.3. The number of carbonyl (C=O) groups is 1. The minimum absolute atomic E-state index is 0.0702. The maximum atomic E-state index is 12.3. The fourth-order valence-electron chi connectivity index (χ4n) is 3.89. The van der Waals surface area contributed by atoms with Crippen LogP contribution in [0.3, 0.4) is 0 Å². The van der Waals surface area contributed by atoms with Crippen molar-refractivity contribution in [3.8, 4) is 22.6 Å². The Bertz CT molecular complexity index is 1400. The van der Waals surface area contributed by atoms with Crippen molar-refractivity contribution in [2.24, 2.45) is 5.92 Å². The Hall–Kier alpha value is -4.07. The summed E-state index contributed by atoms with van der Waals surface area (Å²) >= 11 is 0. The Morgan fingerprint density at radius 2 is 1.94 bits per heavy atom. The van der Waals surface area contributed by atoms with Crippen LogP contribution >= 0.6 is 0 Å². The number of rotatable bonds is 4. The molecule has 8 nitrogen and oxygen atoms in total. The quantitative estimate of drug-likeness (QED) is 0.410. The topological polar surface area (TPSA) is 112 Å². The first kappa shape index (κ1) is 17.8. The van der Waals surface area contributed by atoms with Crippen LogP contribution in [0.1, 0.15) is 19.3 Å². The van der Waals surface area contributed by atoms with Crippen LogP contribution in [0.4, 0.5) is 5.69 Å². The number of anilines is 1. The van der Waals surface area contributed by atoms with Gasteiger partial charge in [-0.3, -0.25) is 14.9 Å². The van der Waals surface area contributed by atoms with E-state index >= 15 is 0 Å². The molecule has 0 saturated heterocycles. The molecule has 152 valence electrons. The molecule has 0 unspecified atom stereocenters. The molecule has 4 aromatic heterocycles. The molecule has 0 radical (unpaired) electrons. The van der Waals surface area contributed by atoms with Crippen LogP contribution in [0.5, 0.6) is 0 Å². The van der Waals surface area contributed by atoms with Gasteiger partial charge in [-0.05, 0) is 37.1 Å². The highest BCUT2D eigenvalue weighted by Gasteiger charge is 2.25. The van der Waals surface area contributed by atoms with Crippen LogP contribution in [0.15, 0.2) is 55.0 Å². The summed E-state index contributed by atoms with van der Waals surface area (Å²) in [6, 6.07) is 11.8. The van der Waals surface area contributed by atoms with E-state index in [1.54, 1.807) is 18.6 Å². The molecular formula is C23H19N7O. The lowest BCUT2D eigenvalue weighted by Gasteiger charge is -2.24. The van der Waals surface area contributed by atoms with E-state index in [1.807, 2.05) is 36.4 Å². The standard InChI is InChI=1S/C23H19N7O/c31-23(13-4-3-5-13)26-16-8-14(10-24-12-16)15-9-17-20(29-30-21(17)25-11-15)22-27-18-6-1-2-7-19(18)28-22/h1-2,6-13H,3-5H2,(H,26,31)(H,27,28)(H,25,29,30).